The fourth-order valence-corrected chi connectivity index (χ4v) is 3.84. The molecule has 8 nitrogen and oxygen atoms in total. The number of aromatic nitrogens is 2. The van der Waals surface area contributed by atoms with Gasteiger partial charge < -0.3 is 25.5 Å². The number of phenols is 1. The summed E-state index contributed by atoms with van der Waals surface area (Å²) in [6.45, 7) is 5.81. The lowest BCUT2D eigenvalue weighted by Crippen LogP contribution is -2.59. The molecule has 3 N–H and O–H groups in total. The maximum atomic E-state index is 12.6. The highest BCUT2D eigenvalue weighted by Gasteiger charge is 2.34. The number of anilines is 2. The number of carbonyl (C=O) groups excluding carboxylic acids is 1. The summed E-state index contributed by atoms with van der Waals surface area (Å²) in [6.07, 6.45) is 0. The van der Waals surface area contributed by atoms with Gasteiger partial charge in [0.05, 0.1) is 17.3 Å². The molecule has 8 heteroatoms. The van der Waals surface area contributed by atoms with E-state index in [-0.39, 0.29) is 23.6 Å². The summed E-state index contributed by atoms with van der Waals surface area (Å²) >= 11 is 0. The van der Waals surface area contributed by atoms with E-state index in [4.69, 9.17) is 0 Å². The molecule has 0 aliphatic carbocycles. The minimum absolute atomic E-state index is 0.127. The normalized spacial score (nSPS) is 20.0. The number of nitrogens with one attached hydrogen (secondary N) is 2. The van der Waals surface area contributed by atoms with Crippen molar-refractivity contribution in [3.05, 3.63) is 30.3 Å². The van der Waals surface area contributed by atoms with Crippen molar-refractivity contribution in [2.45, 2.75) is 13.0 Å². The van der Waals surface area contributed by atoms with Crippen LogP contribution in [-0.4, -0.2) is 71.9 Å². The summed E-state index contributed by atoms with van der Waals surface area (Å²) in [5.74, 6) is 1.25. The Morgan fingerprint density at radius 3 is 2.68 bits per heavy atom. The zero-order valence-corrected chi connectivity index (χ0v) is 16.2. The Labute approximate surface area is 164 Å². The van der Waals surface area contributed by atoms with Gasteiger partial charge in [-0.2, -0.15) is 0 Å². The number of para-hydroxylation sites is 1. The molecule has 0 unspecified atom stereocenters. The molecule has 1 amide bonds. The minimum atomic E-state index is 0.127. The fraction of sp³-hybridized carbons (Fsp3) is 0.450. The van der Waals surface area contributed by atoms with Crippen LogP contribution in [0.15, 0.2) is 30.3 Å². The standard InChI is InChI=1S/C20H26N6O2/c1-13-12-25(20(28)14-10-22-11-14)7-8-26(13)17-9-16(23-24-19(17)21-2)15-5-3-4-6-18(15)27/h3-6,9,13-14,22,27H,7-8,10-12H2,1-2H3,(H,21,24)/t13-/m0/s1. The Balaban J connectivity index is 1.58. The van der Waals surface area contributed by atoms with Crippen LogP contribution < -0.4 is 15.5 Å². The number of phenolic OH excluding ortho intramolecular Hbond substituents is 1. The lowest BCUT2D eigenvalue weighted by molar-refractivity contribution is -0.137. The summed E-state index contributed by atoms with van der Waals surface area (Å²) in [5.41, 5.74) is 2.21. The van der Waals surface area contributed by atoms with Gasteiger partial charge in [-0.25, -0.2) is 0 Å². The number of rotatable bonds is 4. The van der Waals surface area contributed by atoms with E-state index in [1.54, 1.807) is 12.1 Å². The Kier molecular flexibility index (Phi) is 5.04. The number of nitrogens with zero attached hydrogens (tertiary/aromatic N) is 4. The van der Waals surface area contributed by atoms with Crippen molar-refractivity contribution in [1.82, 2.24) is 20.4 Å². The predicted octanol–water partition coefficient (Wildman–Crippen LogP) is 1.15. The third-order valence-corrected chi connectivity index (χ3v) is 5.57. The van der Waals surface area contributed by atoms with Crippen LogP contribution in [0.1, 0.15) is 6.92 Å². The average molecular weight is 382 g/mol. The van der Waals surface area contributed by atoms with Crippen LogP contribution in [0, 0.1) is 5.92 Å². The molecule has 0 radical (unpaired) electrons. The van der Waals surface area contributed by atoms with Gasteiger partial charge in [0.25, 0.3) is 0 Å². The summed E-state index contributed by atoms with van der Waals surface area (Å²) in [6, 6.07) is 9.23. The second kappa shape index (κ2) is 7.63. The third-order valence-electron chi connectivity index (χ3n) is 5.57. The first kappa shape index (κ1) is 18.5. The number of aromatic hydroxyl groups is 1. The Bertz CT molecular complexity index is 870. The zero-order chi connectivity index (χ0) is 19.7. The first-order chi connectivity index (χ1) is 13.6. The molecule has 4 rings (SSSR count). The van der Waals surface area contributed by atoms with E-state index in [9.17, 15) is 9.90 Å². The maximum absolute atomic E-state index is 12.6. The number of carbonyl (C=O) groups is 1. The molecule has 2 aliphatic rings. The highest BCUT2D eigenvalue weighted by Crippen LogP contribution is 2.33. The van der Waals surface area contributed by atoms with Crippen molar-refractivity contribution >= 4 is 17.4 Å². The number of hydrogen-bond donors (Lipinski definition) is 3. The molecule has 1 aromatic carbocycles. The molecule has 1 atom stereocenters. The molecule has 0 spiro atoms. The molecule has 28 heavy (non-hydrogen) atoms. The van der Waals surface area contributed by atoms with Gasteiger partial charge in [0.15, 0.2) is 5.82 Å². The van der Waals surface area contributed by atoms with E-state index in [1.165, 1.54) is 0 Å². The SMILES string of the molecule is CNc1nnc(-c2ccccc2O)cc1N1CCN(C(=O)C2CNC2)C[C@@H]1C. The minimum Gasteiger partial charge on any atom is -0.507 e. The number of amides is 1. The van der Waals surface area contributed by atoms with E-state index < -0.39 is 0 Å². The molecular weight excluding hydrogens is 356 g/mol. The third kappa shape index (κ3) is 3.35. The quantitative estimate of drug-likeness (QED) is 0.730. The van der Waals surface area contributed by atoms with Gasteiger partial charge in [0.1, 0.15) is 5.75 Å². The molecule has 3 heterocycles. The molecule has 2 aliphatic heterocycles. The first-order valence-corrected chi connectivity index (χ1v) is 9.68. The smallest absolute Gasteiger partial charge is 0.228 e. The molecule has 148 valence electrons. The van der Waals surface area contributed by atoms with Crippen LogP contribution in [-0.2, 0) is 4.79 Å². The second-order valence-electron chi connectivity index (χ2n) is 7.41. The first-order valence-electron chi connectivity index (χ1n) is 9.68. The maximum Gasteiger partial charge on any atom is 0.228 e. The molecule has 1 aromatic heterocycles. The molecular formula is C20H26N6O2. The van der Waals surface area contributed by atoms with Crippen molar-refractivity contribution in [2.24, 2.45) is 5.92 Å². The Morgan fingerprint density at radius 1 is 1.25 bits per heavy atom. The van der Waals surface area contributed by atoms with Crippen molar-refractivity contribution in [1.29, 1.82) is 0 Å². The van der Waals surface area contributed by atoms with E-state index in [2.05, 4.69) is 32.7 Å². The Hall–Kier alpha value is -2.87. The summed E-state index contributed by atoms with van der Waals surface area (Å²) in [7, 11) is 1.82. The van der Waals surface area contributed by atoms with E-state index >= 15 is 0 Å². The van der Waals surface area contributed by atoms with Gasteiger partial charge in [0, 0.05) is 51.4 Å². The second-order valence-corrected chi connectivity index (χ2v) is 7.41. The lowest BCUT2D eigenvalue weighted by Gasteiger charge is -2.43. The van der Waals surface area contributed by atoms with Crippen LogP contribution in [0.5, 0.6) is 5.75 Å². The zero-order valence-electron chi connectivity index (χ0n) is 16.2. The van der Waals surface area contributed by atoms with Gasteiger partial charge in [-0.3, -0.25) is 4.79 Å². The van der Waals surface area contributed by atoms with E-state index in [0.717, 1.165) is 25.3 Å². The van der Waals surface area contributed by atoms with Gasteiger partial charge in [-0.1, -0.05) is 12.1 Å². The van der Waals surface area contributed by atoms with Crippen LogP contribution in [0.3, 0.4) is 0 Å². The number of benzene rings is 1. The van der Waals surface area contributed by atoms with Crippen LogP contribution in [0.2, 0.25) is 0 Å². The van der Waals surface area contributed by atoms with Crippen molar-refractivity contribution in [3.63, 3.8) is 0 Å². The molecule has 2 aromatic rings. The van der Waals surface area contributed by atoms with Crippen LogP contribution >= 0.6 is 0 Å². The van der Waals surface area contributed by atoms with Crippen molar-refractivity contribution in [2.75, 3.05) is 50.0 Å². The Morgan fingerprint density at radius 2 is 2.04 bits per heavy atom. The monoisotopic (exact) mass is 382 g/mol. The van der Waals surface area contributed by atoms with Crippen molar-refractivity contribution < 1.29 is 9.90 Å². The van der Waals surface area contributed by atoms with Crippen LogP contribution in [0.25, 0.3) is 11.3 Å². The summed E-state index contributed by atoms with van der Waals surface area (Å²) < 4.78 is 0. The van der Waals surface area contributed by atoms with Gasteiger partial charge in [0.2, 0.25) is 5.91 Å². The largest absolute Gasteiger partial charge is 0.507 e. The molecule has 0 bridgehead atoms. The fourth-order valence-electron chi connectivity index (χ4n) is 3.84. The highest BCUT2D eigenvalue weighted by molar-refractivity contribution is 5.81. The highest BCUT2D eigenvalue weighted by atomic mass is 16.3. The summed E-state index contributed by atoms with van der Waals surface area (Å²) in [5, 5.41) is 25.1. The molecule has 2 saturated heterocycles. The van der Waals surface area contributed by atoms with Gasteiger partial charge in [-0.15, -0.1) is 10.2 Å². The van der Waals surface area contributed by atoms with E-state index in [1.807, 2.05) is 30.1 Å². The molecule has 2 fully saturated rings. The number of piperazine rings is 1. The average Bonchev–Trinajstić information content (AvgIpc) is 2.66. The van der Waals surface area contributed by atoms with Gasteiger partial charge in [-0.05, 0) is 25.1 Å². The predicted molar refractivity (Wildman–Crippen MR) is 108 cm³/mol. The van der Waals surface area contributed by atoms with E-state index in [0.29, 0.717) is 30.2 Å². The van der Waals surface area contributed by atoms with Gasteiger partial charge >= 0.3 is 0 Å². The van der Waals surface area contributed by atoms with Crippen LogP contribution in [0.4, 0.5) is 11.5 Å². The summed E-state index contributed by atoms with van der Waals surface area (Å²) in [4.78, 5) is 16.8. The number of hydrogen-bond acceptors (Lipinski definition) is 7. The lowest BCUT2D eigenvalue weighted by atomic mass is 10.0. The molecule has 0 saturated carbocycles. The van der Waals surface area contributed by atoms with Crippen molar-refractivity contribution in [3.8, 4) is 17.0 Å². The topological polar surface area (TPSA) is 93.6 Å².